The molecule has 0 aromatic carbocycles. The topological polar surface area (TPSA) is 149 Å². The van der Waals surface area contributed by atoms with Gasteiger partial charge in [0.05, 0.1) is 19.8 Å². The zero-order chi connectivity index (χ0) is 32.3. The number of carbonyl (C=O) groups is 2. The van der Waals surface area contributed by atoms with E-state index in [-0.39, 0.29) is 19.4 Å². The molecule has 0 spiro atoms. The van der Waals surface area contributed by atoms with Gasteiger partial charge in [0.2, 0.25) is 0 Å². The Kier molecular flexibility index (Phi) is 26.6. The van der Waals surface area contributed by atoms with Crippen molar-refractivity contribution in [3.8, 4) is 0 Å². The van der Waals surface area contributed by atoms with Crippen molar-refractivity contribution in [1.82, 2.24) is 0 Å². The van der Waals surface area contributed by atoms with Crippen LogP contribution in [-0.4, -0.2) is 65.7 Å². The Morgan fingerprint density at radius 1 is 0.628 bits per heavy atom. The number of hydrogen-bond acceptors (Lipinski definition) is 9. The summed E-state index contributed by atoms with van der Waals surface area (Å²) in [6.45, 7) is 6.85. The minimum absolute atomic E-state index is 0.186. The lowest BCUT2D eigenvalue weighted by Gasteiger charge is -2.20. The van der Waals surface area contributed by atoms with Gasteiger partial charge in [-0.2, -0.15) is 0 Å². The van der Waals surface area contributed by atoms with Crippen LogP contribution >= 0.6 is 7.82 Å². The fraction of sp³-hybridized carbons (Fsp3) is 0.938. The Hall–Kier alpha value is -1.03. The van der Waals surface area contributed by atoms with E-state index in [0.29, 0.717) is 12.8 Å². The molecule has 0 aliphatic rings. The molecule has 0 saturated heterocycles. The maximum Gasteiger partial charge on any atom is 0.472 e. The molecule has 43 heavy (non-hydrogen) atoms. The second-order valence-corrected chi connectivity index (χ2v) is 14.0. The van der Waals surface area contributed by atoms with E-state index in [9.17, 15) is 24.2 Å². The van der Waals surface area contributed by atoms with E-state index < -0.39 is 51.8 Å². The van der Waals surface area contributed by atoms with Gasteiger partial charge in [-0.05, 0) is 24.7 Å². The molecule has 0 aliphatic heterocycles. The Morgan fingerprint density at radius 2 is 1.05 bits per heavy atom. The van der Waals surface area contributed by atoms with E-state index in [4.69, 9.17) is 19.1 Å². The number of aliphatic hydroxyl groups is 2. The Balaban J connectivity index is 4.46. The van der Waals surface area contributed by atoms with Crippen LogP contribution in [0.5, 0.6) is 0 Å². The molecule has 0 fully saturated rings. The first-order chi connectivity index (χ1) is 20.4. The van der Waals surface area contributed by atoms with Crippen molar-refractivity contribution in [2.24, 2.45) is 11.8 Å². The van der Waals surface area contributed by atoms with Gasteiger partial charge in [0, 0.05) is 12.8 Å². The summed E-state index contributed by atoms with van der Waals surface area (Å²) in [5, 5.41) is 18.2. The Bertz CT molecular complexity index is 731. The third kappa shape index (κ3) is 29.4. The second kappa shape index (κ2) is 27.3. The van der Waals surface area contributed by atoms with Gasteiger partial charge in [-0.3, -0.25) is 18.6 Å². The fourth-order valence-electron chi connectivity index (χ4n) is 4.48. The lowest BCUT2D eigenvalue weighted by Crippen LogP contribution is -2.29. The number of rotatable bonds is 30. The van der Waals surface area contributed by atoms with Gasteiger partial charge in [0.25, 0.3) is 0 Å². The molecule has 0 aromatic heterocycles. The highest BCUT2D eigenvalue weighted by atomic mass is 31.2. The average Bonchev–Trinajstić information content (AvgIpc) is 2.95. The van der Waals surface area contributed by atoms with Crippen LogP contribution in [0.1, 0.15) is 143 Å². The van der Waals surface area contributed by atoms with E-state index in [1.54, 1.807) is 0 Å². The van der Waals surface area contributed by atoms with Gasteiger partial charge in [0.15, 0.2) is 6.10 Å². The van der Waals surface area contributed by atoms with Crippen molar-refractivity contribution in [1.29, 1.82) is 0 Å². The Morgan fingerprint density at radius 3 is 1.51 bits per heavy atom. The number of ether oxygens (including phenoxy) is 2. The maximum atomic E-state index is 12.4. The number of esters is 2. The van der Waals surface area contributed by atoms with Gasteiger partial charge in [-0.15, -0.1) is 0 Å². The molecule has 10 nitrogen and oxygen atoms in total. The fourth-order valence-corrected chi connectivity index (χ4v) is 5.27. The maximum absolute atomic E-state index is 12.4. The minimum atomic E-state index is -4.60. The lowest BCUT2D eigenvalue weighted by atomic mass is 10.0. The summed E-state index contributed by atoms with van der Waals surface area (Å²) in [5.74, 6) is 0.557. The smallest absolute Gasteiger partial charge is 0.462 e. The molecule has 0 saturated carbocycles. The highest BCUT2D eigenvalue weighted by molar-refractivity contribution is 7.47. The summed E-state index contributed by atoms with van der Waals surface area (Å²) in [6.07, 6.45) is 15.5. The predicted octanol–water partition coefficient (Wildman–Crippen LogP) is 7.26. The van der Waals surface area contributed by atoms with Crippen LogP contribution < -0.4 is 0 Å². The number of phosphoric ester groups is 1. The molecular weight excluding hydrogens is 575 g/mol. The van der Waals surface area contributed by atoms with E-state index in [1.807, 2.05) is 0 Å². The summed E-state index contributed by atoms with van der Waals surface area (Å²) in [6, 6.07) is 0. The molecule has 1 unspecified atom stereocenters. The first-order valence-corrected chi connectivity index (χ1v) is 18.2. The third-order valence-corrected chi connectivity index (χ3v) is 8.07. The molecular formula is C32H63O10P. The van der Waals surface area contributed by atoms with Crippen LogP contribution in [-0.2, 0) is 32.7 Å². The number of hydrogen-bond donors (Lipinski definition) is 3. The highest BCUT2D eigenvalue weighted by Crippen LogP contribution is 2.43. The summed E-state index contributed by atoms with van der Waals surface area (Å²) in [4.78, 5) is 34.6. The van der Waals surface area contributed by atoms with Crippen molar-refractivity contribution in [3.63, 3.8) is 0 Å². The van der Waals surface area contributed by atoms with Crippen molar-refractivity contribution in [2.45, 2.75) is 155 Å². The van der Waals surface area contributed by atoms with Crippen LogP contribution in [0.2, 0.25) is 0 Å². The largest absolute Gasteiger partial charge is 0.472 e. The summed E-state index contributed by atoms with van der Waals surface area (Å²) >= 11 is 0. The van der Waals surface area contributed by atoms with E-state index in [0.717, 1.165) is 50.4 Å². The normalized spacial score (nSPS) is 14.5. The number of carbonyl (C=O) groups excluding carboxylic acids is 2. The summed E-state index contributed by atoms with van der Waals surface area (Å²) in [5.41, 5.74) is 0. The van der Waals surface area contributed by atoms with E-state index >= 15 is 0 Å². The van der Waals surface area contributed by atoms with Gasteiger partial charge in [-0.25, -0.2) is 4.57 Å². The van der Waals surface area contributed by atoms with Crippen LogP contribution in [0.25, 0.3) is 0 Å². The third-order valence-electron chi connectivity index (χ3n) is 7.12. The molecule has 11 heteroatoms. The quantitative estimate of drug-likeness (QED) is 0.0417. The first-order valence-electron chi connectivity index (χ1n) is 16.7. The molecule has 0 rings (SSSR count). The highest BCUT2D eigenvalue weighted by Gasteiger charge is 2.27. The van der Waals surface area contributed by atoms with Gasteiger partial charge in [-0.1, -0.05) is 118 Å². The number of phosphoric acid groups is 1. The molecule has 0 heterocycles. The molecule has 256 valence electrons. The zero-order valence-electron chi connectivity index (χ0n) is 27.5. The van der Waals surface area contributed by atoms with Gasteiger partial charge >= 0.3 is 19.8 Å². The molecule has 0 radical (unpaired) electrons. The lowest BCUT2D eigenvalue weighted by molar-refractivity contribution is -0.161. The van der Waals surface area contributed by atoms with Gasteiger partial charge in [0.1, 0.15) is 12.7 Å². The molecule has 0 aliphatic carbocycles. The molecule has 0 bridgehead atoms. The van der Waals surface area contributed by atoms with Crippen molar-refractivity contribution >= 4 is 19.8 Å². The van der Waals surface area contributed by atoms with Crippen LogP contribution in [0.15, 0.2) is 0 Å². The Labute approximate surface area is 261 Å². The van der Waals surface area contributed by atoms with Crippen LogP contribution in [0, 0.1) is 11.8 Å². The van der Waals surface area contributed by atoms with Crippen molar-refractivity contribution in [2.75, 3.05) is 26.4 Å². The average molecular weight is 639 g/mol. The monoisotopic (exact) mass is 638 g/mol. The van der Waals surface area contributed by atoms with Crippen LogP contribution in [0.4, 0.5) is 0 Å². The molecule has 3 atom stereocenters. The molecule has 3 N–H and O–H groups in total. The minimum Gasteiger partial charge on any atom is -0.462 e. The second-order valence-electron chi connectivity index (χ2n) is 12.5. The number of aliphatic hydroxyl groups excluding tert-OH is 2. The summed E-state index contributed by atoms with van der Waals surface area (Å²) < 4.78 is 32.4. The van der Waals surface area contributed by atoms with Gasteiger partial charge < -0.3 is 24.6 Å². The first kappa shape index (κ1) is 42.0. The zero-order valence-corrected chi connectivity index (χ0v) is 28.4. The van der Waals surface area contributed by atoms with Crippen molar-refractivity contribution in [3.05, 3.63) is 0 Å². The van der Waals surface area contributed by atoms with E-state index in [1.165, 1.54) is 51.4 Å². The van der Waals surface area contributed by atoms with E-state index in [2.05, 4.69) is 32.2 Å². The molecule has 0 aromatic rings. The van der Waals surface area contributed by atoms with Crippen molar-refractivity contribution < 1.29 is 47.8 Å². The number of unbranched alkanes of at least 4 members (excludes halogenated alkanes) is 12. The standard InChI is InChI=1S/C32H63O10P/c1-27(2)19-15-11-7-5-9-13-17-21-31(35)39-25-30(26-41-43(37,38)40-24-29(34)23-33)42-32(36)22-18-14-10-6-8-12-16-20-28(3)4/h27-30,33-34H,5-26H2,1-4H3,(H,37,38)/t29-,30+/m0/s1. The SMILES string of the molecule is CC(C)CCCCCCCCCC(=O)OC[C@H](COP(=O)(O)OC[C@@H](O)CO)OC(=O)CCCCCCCCCC(C)C. The van der Waals surface area contributed by atoms with Crippen LogP contribution in [0.3, 0.4) is 0 Å². The summed E-state index contributed by atoms with van der Waals surface area (Å²) in [7, 11) is -4.60. The molecule has 0 amide bonds. The predicted molar refractivity (Wildman–Crippen MR) is 168 cm³/mol.